The summed E-state index contributed by atoms with van der Waals surface area (Å²) in [5.41, 5.74) is 3.16. The fourth-order valence-electron chi connectivity index (χ4n) is 3.44. The summed E-state index contributed by atoms with van der Waals surface area (Å²) in [6.07, 6.45) is 5.78. The van der Waals surface area contributed by atoms with Crippen molar-refractivity contribution in [3.8, 4) is 0 Å². The number of aromatic nitrogens is 2. The number of aryl methyl sites for hydroxylation is 1. The molecule has 4 heteroatoms. The summed E-state index contributed by atoms with van der Waals surface area (Å²) >= 11 is 1.55. The molecule has 1 aromatic carbocycles. The number of fused-ring (bicyclic) bond motifs is 3. The molecular formula is C17H18N2OS. The average Bonchev–Trinajstić information content (AvgIpc) is 3.04. The zero-order valence-corrected chi connectivity index (χ0v) is 12.9. The number of carbonyl (C=O) groups excluding carboxylic acids is 1. The molecule has 0 N–H and O–H groups in total. The molecule has 0 bridgehead atoms. The number of ketones is 1. The van der Waals surface area contributed by atoms with Gasteiger partial charge < -0.3 is 0 Å². The zero-order chi connectivity index (χ0) is 14.4. The van der Waals surface area contributed by atoms with E-state index in [1.807, 2.05) is 25.1 Å². The van der Waals surface area contributed by atoms with E-state index in [2.05, 4.69) is 15.5 Å². The molecule has 108 valence electrons. The lowest BCUT2D eigenvalue weighted by molar-refractivity contribution is 0.0893. The van der Waals surface area contributed by atoms with Crippen LogP contribution in [0.15, 0.2) is 24.3 Å². The van der Waals surface area contributed by atoms with Crippen LogP contribution in [0.4, 0.5) is 0 Å². The summed E-state index contributed by atoms with van der Waals surface area (Å²) in [6, 6.07) is 8.13. The third-order valence-corrected chi connectivity index (χ3v) is 5.74. The first kappa shape index (κ1) is 13.0. The topological polar surface area (TPSA) is 34.4 Å². The maximum absolute atomic E-state index is 12.8. The highest BCUT2D eigenvalue weighted by Crippen LogP contribution is 2.33. The third-order valence-electron chi connectivity index (χ3n) is 4.59. The Labute approximate surface area is 127 Å². The molecule has 0 radical (unpaired) electrons. The van der Waals surface area contributed by atoms with Gasteiger partial charge in [-0.25, -0.2) is 4.98 Å². The van der Waals surface area contributed by atoms with E-state index >= 15 is 0 Å². The van der Waals surface area contributed by atoms with Gasteiger partial charge >= 0.3 is 0 Å². The quantitative estimate of drug-likeness (QED) is 0.647. The number of benzene rings is 1. The van der Waals surface area contributed by atoms with Gasteiger partial charge in [0.15, 0.2) is 10.7 Å². The lowest BCUT2D eigenvalue weighted by Gasteiger charge is -2.19. The molecule has 3 aromatic rings. The van der Waals surface area contributed by atoms with E-state index in [-0.39, 0.29) is 5.92 Å². The number of carbonyl (C=O) groups is 1. The zero-order valence-electron chi connectivity index (χ0n) is 12.1. The Bertz CT molecular complexity index is 824. The van der Waals surface area contributed by atoms with Crippen molar-refractivity contribution >= 4 is 33.1 Å². The monoisotopic (exact) mass is 298 g/mol. The Kier molecular flexibility index (Phi) is 3.07. The van der Waals surface area contributed by atoms with Crippen LogP contribution in [0.25, 0.3) is 16.0 Å². The number of rotatable bonds is 2. The van der Waals surface area contributed by atoms with Gasteiger partial charge in [-0.1, -0.05) is 42.7 Å². The maximum Gasteiger partial charge on any atom is 0.195 e. The van der Waals surface area contributed by atoms with Crippen molar-refractivity contribution in [2.45, 2.75) is 39.0 Å². The lowest BCUT2D eigenvalue weighted by Crippen LogP contribution is -2.17. The van der Waals surface area contributed by atoms with E-state index in [4.69, 9.17) is 0 Å². The second-order valence-electron chi connectivity index (χ2n) is 5.93. The Morgan fingerprint density at radius 3 is 2.81 bits per heavy atom. The Balaban J connectivity index is 1.82. The second-order valence-corrected chi connectivity index (χ2v) is 6.91. The number of nitrogens with zero attached hydrogens (tertiary/aromatic N) is 2. The summed E-state index contributed by atoms with van der Waals surface area (Å²) < 4.78 is 2.13. The van der Waals surface area contributed by atoms with Crippen LogP contribution in [-0.2, 0) is 0 Å². The largest absolute Gasteiger partial charge is 0.293 e. The predicted molar refractivity (Wildman–Crippen MR) is 86.2 cm³/mol. The molecule has 2 heterocycles. The van der Waals surface area contributed by atoms with Crippen molar-refractivity contribution in [1.82, 2.24) is 9.38 Å². The summed E-state index contributed by atoms with van der Waals surface area (Å²) in [7, 11) is 0. The van der Waals surface area contributed by atoms with E-state index in [0.29, 0.717) is 5.78 Å². The molecule has 2 aromatic heterocycles. The molecule has 0 amide bonds. The van der Waals surface area contributed by atoms with E-state index < -0.39 is 0 Å². The minimum absolute atomic E-state index is 0.229. The van der Waals surface area contributed by atoms with Crippen LogP contribution in [0.2, 0.25) is 0 Å². The average molecular weight is 298 g/mol. The van der Waals surface area contributed by atoms with E-state index in [0.717, 1.165) is 39.4 Å². The van der Waals surface area contributed by atoms with Gasteiger partial charge in [0.1, 0.15) is 0 Å². The highest BCUT2D eigenvalue weighted by Gasteiger charge is 2.26. The van der Waals surface area contributed by atoms with Crippen molar-refractivity contribution < 1.29 is 4.79 Å². The van der Waals surface area contributed by atoms with Crippen LogP contribution in [0.1, 0.15) is 47.5 Å². The van der Waals surface area contributed by atoms with Gasteiger partial charge in [-0.2, -0.15) is 0 Å². The van der Waals surface area contributed by atoms with Gasteiger partial charge in [0.2, 0.25) is 0 Å². The molecule has 0 unspecified atom stereocenters. The second kappa shape index (κ2) is 4.95. The molecule has 1 saturated carbocycles. The molecule has 3 nitrogen and oxygen atoms in total. The molecule has 0 spiro atoms. The SMILES string of the molecule is Cc1c(C(=O)C2CCCCC2)sc2nc3ccccc3n12. The molecule has 0 aliphatic heterocycles. The highest BCUT2D eigenvalue weighted by molar-refractivity contribution is 7.19. The van der Waals surface area contributed by atoms with Crippen molar-refractivity contribution in [1.29, 1.82) is 0 Å². The number of hydrogen-bond donors (Lipinski definition) is 0. The molecule has 1 fully saturated rings. The maximum atomic E-state index is 12.8. The third kappa shape index (κ3) is 2.01. The number of imidazole rings is 1. The standard InChI is InChI=1S/C17H18N2OS/c1-11-16(15(20)12-7-3-2-4-8-12)21-17-18-13-9-5-6-10-14(13)19(11)17/h5-6,9-10,12H,2-4,7-8H2,1H3. The Morgan fingerprint density at radius 2 is 2.00 bits per heavy atom. The van der Waals surface area contributed by atoms with Crippen LogP contribution >= 0.6 is 11.3 Å². The fraction of sp³-hybridized carbons (Fsp3) is 0.412. The minimum atomic E-state index is 0.229. The van der Waals surface area contributed by atoms with Crippen molar-refractivity contribution in [2.75, 3.05) is 0 Å². The lowest BCUT2D eigenvalue weighted by atomic mass is 9.85. The first-order chi connectivity index (χ1) is 10.3. The number of hydrogen-bond acceptors (Lipinski definition) is 3. The summed E-state index contributed by atoms with van der Waals surface area (Å²) in [5.74, 6) is 0.568. The molecule has 0 atom stereocenters. The fourth-order valence-corrected chi connectivity index (χ4v) is 4.60. The molecule has 1 aliphatic carbocycles. The summed E-state index contributed by atoms with van der Waals surface area (Å²) in [5, 5.41) is 0. The number of Topliss-reactive ketones (excluding diaryl/α,β-unsaturated/α-hetero) is 1. The van der Waals surface area contributed by atoms with Crippen LogP contribution in [0.5, 0.6) is 0 Å². The van der Waals surface area contributed by atoms with Crippen LogP contribution in [0.3, 0.4) is 0 Å². The van der Waals surface area contributed by atoms with Gasteiger partial charge in [-0.15, -0.1) is 0 Å². The predicted octanol–water partition coefficient (Wildman–Crippen LogP) is 4.62. The van der Waals surface area contributed by atoms with Gasteiger partial charge in [-0.05, 0) is 31.9 Å². The first-order valence-corrected chi connectivity index (χ1v) is 8.48. The van der Waals surface area contributed by atoms with Crippen molar-refractivity contribution in [3.63, 3.8) is 0 Å². The van der Waals surface area contributed by atoms with Crippen molar-refractivity contribution in [3.05, 3.63) is 34.8 Å². The molecule has 0 saturated heterocycles. The molecule has 1 aliphatic rings. The smallest absolute Gasteiger partial charge is 0.195 e. The number of thiazole rings is 1. The van der Waals surface area contributed by atoms with E-state index in [1.54, 1.807) is 11.3 Å². The molecular weight excluding hydrogens is 280 g/mol. The summed E-state index contributed by atoms with van der Waals surface area (Å²) in [4.78, 5) is 19.3. The summed E-state index contributed by atoms with van der Waals surface area (Å²) in [6.45, 7) is 2.05. The first-order valence-electron chi connectivity index (χ1n) is 7.66. The highest BCUT2D eigenvalue weighted by atomic mass is 32.1. The molecule has 4 rings (SSSR count). The van der Waals surface area contributed by atoms with Gasteiger partial charge in [0.05, 0.1) is 15.9 Å². The Hall–Kier alpha value is -1.68. The van der Waals surface area contributed by atoms with Gasteiger partial charge in [-0.3, -0.25) is 9.20 Å². The molecule has 21 heavy (non-hydrogen) atoms. The van der Waals surface area contributed by atoms with Crippen LogP contribution in [-0.4, -0.2) is 15.2 Å². The Morgan fingerprint density at radius 1 is 1.24 bits per heavy atom. The normalized spacial score (nSPS) is 16.8. The van der Waals surface area contributed by atoms with Crippen LogP contribution < -0.4 is 0 Å². The van der Waals surface area contributed by atoms with E-state index in [1.165, 1.54) is 19.3 Å². The van der Waals surface area contributed by atoms with Gasteiger partial charge in [0.25, 0.3) is 0 Å². The minimum Gasteiger partial charge on any atom is -0.293 e. The van der Waals surface area contributed by atoms with Crippen LogP contribution in [0, 0.1) is 12.8 Å². The van der Waals surface area contributed by atoms with Crippen molar-refractivity contribution in [2.24, 2.45) is 5.92 Å². The van der Waals surface area contributed by atoms with Gasteiger partial charge in [0, 0.05) is 11.6 Å². The van der Waals surface area contributed by atoms with E-state index in [9.17, 15) is 4.79 Å². The number of para-hydroxylation sites is 2.